The Morgan fingerprint density at radius 1 is 0.836 bits per heavy atom. The van der Waals surface area contributed by atoms with E-state index in [1.807, 2.05) is 0 Å². The van der Waals surface area contributed by atoms with Crippen molar-refractivity contribution < 1.29 is 90.5 Å². The van der Waals surface area contributed by atoms with Gasteiger partial charge in [-0.3, -0.25) is 33.8 Å². The minimum Gasteiger partial charge on any atom is -0.472 e. The van der Waals surface area contributed by atoms with Crippen LogP contribution in [0.3, 0.4) is 0 Å². The number of esters is 8. The van der Waals surface area contributed by atoms with Crippen LogP contribution in [-0.2, 0) is 77.8 Å². The first-order valence-corrected chi connectivity index (χ1v) is 19.4. The number of ether oxygens (including phenoxy) is 9. The average molecular weight is 858 g/mol. The summed E-state index contributed by atoms with van der Waals surface area (Å²) in [5, 5.41) is 13.6. The smallest absolute Gasteiger partial charge is 0.341 e. The lowest BCUT2D eigenvalue weighted by atomic mass is 9.45. The number of furan rings is 1. The third kappa shape index (κ3) is 7.59. The van der Waals surface area contributed by atoms with Gasteiger partial charge in [-0.05, 0) is 44.4 Å². The molecule has 12 atom stereocenters. The van der Waals surface area contributed by atoms with Gasteiger partial charge in [0.25, 0.3) is 0 Å². The number of nitrogens with zero attached hydrogens (tertiary/aromatic N) is 1. The van der Waals surface area contributed by atoms with E-state index in [2.05, 4.69) is 4.98 Å². The van der Waals surface area contributed by atoms with Crippen molar-refractivity contribution in [3.63, 3.8) is 0 Å². The molecule has 0 amide bonds. The van der Waals surface area contributed by atoms with Gasteiger partial charge < -0.3 is 52.2 Å². The number of pyridine rings is 1. The summed E-state index contributed by atoms with van der Waals surface area (Å²) in [6.07, 6.45) is -7.21. The zero-order valence-electron chi connectivity index (χ0n) is 34.7. The summed E-state index contributed by atoms with van der Waals surface area (Å²) >= 11 is 0. The number of cyclic esters (lactones) is 1. The van der Waals surface area contributed by atoms with E-state index in [0.717, 1.165) is 54.1 Å². The van der Waals surface area contributed by atoms with Crippen molar-refractivity contribution in [2.24, 2.45) is 17.3 Å². The topological polar surface area (TPSA) is 266 Å². The molecule has 2 aromatic rings. The Hall–Kier alpha value is -5.89. The molecule has 330 valence electrons. The largest absolute Gasteiger partial charge is 0.472 e. The Bertz CT molecular complexity index is 2100. The predicted molar refractivity (Wildman–Crippen MR) is 197 cm³/mol. The molecule has 4 bridgehead atoms. The van der Waals surface area contributed by atoms with Crippen LogP contribution in [-0.4, -0.2) is 124 Å². The molecule has 20 nitrogen and oxygen atoms in total. The van der Waals surface area contributed by atoms with Crippen molar-refractivity contribution in [3.8, 4) is 0 Å². The van der Waals surface area contributed by atoms with Gasteiger partial charge in [-0.2, -0.15) is 0 Å². The molecule has 1 spiro atoms. The Morgan fingerprint density at radius 3 is 2.05 bits per heavy atom. The molecular weight excluding hydrogens is 810 g/mol. The fourth-order valence-corrected chi connectivity index (χ4v) is 9.56. The van der Waals surface area contributed by atoms with Crippen LogP contribution in [0, 0.1) is 17.3 Å². The molecule has 0 unspecified atom stereocenters. The number of aliphatic hydroxyl groups is 1. The lowest BCUT2D eigenvalue weighted by molar-refractivity contribution is -0.386. The number of aromatic nitrogens is 1. The van der Waals surface area contributed by atoms with Crippen molar-refractivity contribution in [1.29, 1.82) is 0 Å². The van der Waals surface area contributed by atoms with Gasteiger partial charge in [0.2, 0.25) is 0 Å². The number of hydrogen-bond donors (Lipinski definition) is 1. The van der Waals surface area contributed by atoms with E-state index in [-0.39, 0.29) is 24.0 Å². The fraction of sp³-hybridized carbons (Fsp3) is 0.585. The Morgan fingerprint density at radius 2 is 1.46 bits per heavy atom. The van der Waals surface area contributed by atoms with Gasteiger partial charge in [0, 0.05) is 47.0 Å². The second-order valence-electron chi connectivity index (χ2n) is 16.1. The van der Waals surface area contributed by atoms with Gasteiger partial charge in [0.1, 0.15) is 48.3 Å². The zero-order valence-corrected chi connectivity index (χ0v) is 34.7. The highest BCUT2D eigenvalue weighted by Crippen LogP contribution is 2.70. The summed E-state index contributed by atoms with van der Waals surface area (Å²) < 4.78 is 60.1. The second-order valence-corrected chi connectivity index (χ2v) is 16.1. The minimum atomic E-state index is -2.87. The standard InChI is InChI=1S/C41H47NO19/c1-19-9-10-25-11-13-42-15-27(25)37(50)54-17-38(7)28-29(55-21(3)44)33(57-23(5)46)40(18-53-20(2)43)34(58-24(6)47)30(59-36(49)26-12-14-52-16-26)32(60-35(19)48)39(8,51)41(40,61-38)31(28)56-22(4)45/h11-16,19,28-34,51H,9-10,17-18H2,1-8H3/t19-,28+,29+,30-,31+,32-,33+,34-,38-,39-,40+,41-/m0/s1. The molecule has 2 saturated carbocycles. The lowest BCUT2D eigenvalue weighted by Crippen LogP contribution is -2.89. The number of fused-ring (bicyclic) bond motifs is 5. The number of hydrogen-bond acceptors (Lipinski definition) is 20. The molecule has 4 aliphatic rings. The molecule has 6 rings (SSSR count). The summed E-state index contributed by atoms with van der Waals surface area (Å²) in [7, 11) is 0. The van der Waals surface area contributed by atoms with Crippen molar-refractivity contribution >= 4 is 47.8 Å². The fourth-order valence-electron chi connectivity index (χ4n) is 9.56. The van der Waals surface area contributed by atoms with Crippen LogP contribution in [0.5, 0.6) is 0 Å². The molecule has 0 aromatic carbocycles. The van der Waals surface area contributed by atoms with Crippen LogP contribution in [0.1, 0.15) is 88.1 Å². The van der Waals surface area contributed by atoms with Crippen LogP contribution in [0.4, 0.5) is 0 Å². The van der Waals surface area contributed by atoms with Crippen molar-refractivity contribution in [3.05, 3.63) is 53.7 Å². The highest BCUT2D eigenvalue weighted by Gasteiger charge is 2.92. The van der Waals surface area contributed by atoms with Crippen LogP contribution in [0.15, 0.2) is 41.5 Å². The molecule has 61 heavy (non-hydrogen) atoms. The van der Waals surface area contributed by atoms with Gasteiger partial charge in [-0.25, -0.2) is 9.59 Å². The predicted octanol–water partition coefficient (Wildman–Crippen LogP) is 1.75. The molecule has 3 fully saturated rings. The normalized spacial score (nSPS) is 35.4. The van der Waals surface area contributed by atoms with Crippen molar-refractivity contribution in [1.82, 2.24) is 4.98 Å². The molecule has 1 N–H and O–H groups in total. The van der Waals surface area contributed by atoms with Crippen molar-refractivity contribution in [2.45, 2.75) is 122 Å². The Labute approximate surface area is 348 Å². The third-order valence-electron chi connectivity index (χ3n) is 11.9. The summed E-state index contributed by atoms with van der Waals surface area (Å²) in [5.74, 6) is -10.8. The van der Waals surface area contributed by atoms with E-state index in [1.165, 1.54) is 32.3 Å². The van der Waals surface area contributed by atoms with E-state index in [1.54, 1.807) is 6.07 Å². The van der Waals surface area contributed by atoms with Gasteiger partial charge in [-0.15, -0.1) is 0 Å². The van der Waals surface area contributed by atoms with Crippen molar-refractivity contribution in [2.75, 3.05) is 13.2 Å². The third-order valence-corrected chi connectivity index (χ3v) is 11.9. The number of carbonyl (C=O) groups excluding carboxylic acids is 8. The summed E-state index contributed by atoms with van der Waals surface area (Å²) in [5.41, 5.74) is -10.1. The maximum Gasteiger partial charge on any atom is 0.341 e. The van der Waals surface area contributed by atoms with E-state index in [0.29, 0.717) is 5.56 Å². The van der Waals surface area contributed by atoms with Gasteiger partial charge >= 0.3 is 47.8 Å². The molecular formula is C41H47NO19. The highest BCUT2D eigenvalue weighted by atomic mass is 16.7. The minimum absolute atomic E-state index is 0.0163. The molecule has 20 heteroatoms. The molecule has 2 aromatic heterocycles. The first-order chi connectivity index (χ1) is 28.6. The molecule has 4 heterocycles. The van der Waals surface area contributed by atoms with Crippen LogP contribution in [0.2, 0.25) is 0 Å². The second kappa shape index (κ2) is 16.5. The lowest BCUT2D eigenvalue weighted by Gasteiger charge is -2.67. The number of rotatable bonds is 8. The average Bonchev–Trinajstić information content (AvgIpc) is 3.79. The van der Waals surface area contributed by atoms with Crippen LogP contribution < -0.4 is 0 Å². The molecule has 1 saturated heterocycles. The van der Waals surface area contributed by atoms with Gasteiger partial charge in [-0.1, -0.05) is 6.92 Å². The van der Waals surface area contributed by atoms with Crippen LogP contribution in [0.25, 0.3) is 0 Å². The van der Waals surface area contributed by atoms with E-state index >= 15 is 0 Å². The Kier molecular flexibility index (Phi) is 12.1. The monoisotopic (exact) mass is 857 g/mol. The van der Waals surface area contributed by atoms with Gasteiger partial charge in [0.15, 0.2) is 30.0 Å². The first-order valence-electron chi connectivity index (χ1n) is 19.4. The summed E-state index contributed by atoms with van der Waals surface area (Å²) in [4.78, 5) is 113. The summed E-state index contributed by atoms with van der Waals surface area (Å²) in [6.45, 7) is 7.06. The maximum atomic E-state index is 14.3. The van der Waals surface area contributed by atoms with E-state index in [9.17, 15) is 43.5 Å². The highest BCUT2D eigenvalue weighted by molar-refractivity contribution is 5.91. The summed E-state index contributed by atoms with van der Waals surface area (Å²) in [6, 6.07) is 2.78. The molecule has 2 aliphatic carbocycles. The SMILES string of the molecule is CC(=O)OC[C@]12[C@H](OC(C)=O)[C@H](OC(C)=O)[C@@H]3[C@@H](OC(C)=O)[C@@]14O[C@@]3(C)COC(=O)c1cnccc1CC[C@H](C)C(=O)O[C@@H]([C@H](OC(=O)c1ccoc1)[C@@H]2OC(C)=O)[C@]4(C)O. The van der Waals surface area contributed by atoms with Crippen LogP contribution >= 0.6 is 0 Å². The number of carbonyl (C=O) groups is 8. The quantitative estimate of drug-likeness (QED) is 0.293. The number of aryl methyl sites for hydroxylation is 1. The maximum absolute atomic E-state index is 14.3. The van der Waals surface area contributed by atoms with Gasteiger partial charge in [0.05, 0.1) is 29.2 Å². The molecule has 0 radical (unpaired) electrons. The van der Waals surface area contributed by atoms with E-state index < -0.39 is 132 Å². The Balaban J connectivity index is 1.77. The zero-order chi connectivity index (χ0) is 44.8. The molecule has 2 aliphatic heterocycles. The first kappa shape index (κ1) is 44.7. The van der Waals surface area contributed by atoms with E-state index in [4.69, 9.17) is 47.0 Å².